The van der Waals surface area contributed by atoms with E-state index < -0.39 is 10.0 Å². The number of nitrogens with two attached hydrogens (primary N) is 1. The van der Waals surface area contributed by atoms with Crippen LogP contribution in [0, 0.1) is 6.92 Å². The molecular formula is C14H23N3O3S. The highest BCUT2D eigenvalue weighted by Crippen LogP contribution is 2.22. The van der Waals surface area contributed by atoms with Gasteiger partial charge in [-0.05, 0) is 37.6 Å². The van der Waals surface area contributed by atoms with Crippen molar-refractivity contribution in [3.63, 3.8) is 0 Å². The van der Waals surface area contributed by atoms with Gasteiger partial charge in [0.15, 0.2) is 0 Å². The summed E-state index contributed by atoms with van der Waals surface area (Å²) in [4.78, 5) is 11.9. The average molecular weight is 313 g/mol. The molecular weight excluding hydrogens is 290 g/mol. The average Bonchev–Trinajstić information content (AvgIpc) is 2.35. The minimum absolute atomic E-state index is 0.0294. The first kappa shape index (κ1) is 17.6. The van der Waals surface area contributed by atoms with Crippen molar-refractivity contribution >= 4 is 21.6 Å². The largest absolute Gasteiger partial charge is 0.326 e. The van der Waals surface area contributed by atoms with E-state index in [1.807, 2.05) is 13.8 Å². The highest BCUT2D eigenvalue weighted by Gasteiger charge is 2.14. The number of hydrogen-bond acceptors (Lipinski definition) is 4. The number of carbonyl (C=O) groups is 1. The minimum atomic E-state index is -3.78. The van der Waals surface area contributed by atoms with Gasteiger partial charge in [-0.1, -0.05) is 19.9 Å². The van der Waals surface area contributed by atoms with Crippen molar-refractivity contribution in [1.82, 2.24) is 5.32 Å². The molecule has 0 aliphatic heterocycles. The Morgan fingerprint density at radius 2 is 2.00 bits per heavy atom. The molecule has 0 aliphatic carbocycles. The fourth-order valence-corrected chi connectivity index (χ4v) is 2.72. The van der Waals surface area contributed by atoms with E-state index in [0.717, 1.165) is 13.0 Å². The van der Waals surface area contributed by atoms with Gasteiger partial charge in [0.1, 0.15) is 0 Å². The fraction of sp³-hybridized carbons (Fsp3) is 0.500. The third kappa shape index (κ3) is 5.82. The molecule has 0 aromatic heterocycles. The molecule has 1 aromatic rings. The van der Waals surface area contributed by atoms with E-state index in [4.69, 9.17) is 5.14 Å². The highest BCUT2D eigenvalue weighted by atomic mass is 32.2. The molecule has 7 heteroatoms. The number of primary sulfonamides is 1. The van der Waals surface area contributed by atoms with E-state index in [2.05, 4.69) is 10.6 Å². The monoisotopic (exact) mass is 313 g/mol. The van der Waals surface area contributed by atoms with Crippen LogP contribution in [0.2, 0.25) is 0 Å². The van der Waals surface area contributed by atoms with Crippen molar-refractivity contribution in [2.45, 2.75) is 44.6 Å². The molecule has 0 bridgehead atoms. The minimum Gasteiger partial charge on any atom is -0.326 e. The van der Waals surface area contributed by atoms with Crippen LogP contribution in [0.25, 0.3) is 0 Å². The molecule has 0 radical (unpaired) electrons. The van der Waals surface area contributed by atoms with Crippen LogP contribution in [-0.2, 0) is 14.8 Å². The van der Waals surface area contributed by atoms with Crippen LogP contribution in [0.15, 0.2) is 23.1 Å². The Balaban J connectivity index is 2.65. The van der Waals surface area contributed by atoms with Gasteiger partial charge in [0.05, 0.1) is 4.90 Å². The molecule has 6 nitrogen and oxygen atoms in total. The van der Waals surface area contributed by atoms with Crippen molar-refractivity contribution in [2.75, 3.05) is 11.9 Å². The second-order valence-electron chi connectivity index (χ2n) is 5.23. The summed E-state index contributed by atoms with van der Waals surface area (Å²) in [6, 6.07) is 5.03. The quantitative estimate of drug-likeness (QED) is 0.661. The van der Waals surface area contributed by atoms with E-state index in [1.165, 1.54) is 6.07 Å². The van der Waals surface area contributed by atoms with Crippen LogP contribution in [0.5, 0.6) is 0 Å². The third-order valence-corrected chi connectivity index (χ3v) is 4.05. The van der Waals surface area contributed by atoms with Gasteiger partial charge in [-0.25, -0.2) is 13.6 Å². The molecule has 0 aliphatic rings. The van der Waals surface area contributed by atoms with Crippen LogP contribution < -0.4 is 15.8 Å². The lowest BCUT2D eigenvalue weighted by atomic mass is 10.2. The number of amides is 1. The first-order chi connectivity index (χ1) is 9.71. The zero-order valence-corrected chi connectivity index (χ0v) is 13.5. The number of sulfonamides is 1. The summed E-state index contributed by atoms with van der Waals surface area (Å²) in [5, 5.41) is 11.1. The van der Waals surface area contributed by atoms with Gasteiger partial charge in [-0.15, -0.1) is 0 Å². The van der Waals surface area contributed by atoms with Crippen LogP contribution >= 0.6 is 0 Å². The SMILES string of the molecule is Cc1c(NC(=O)CCCNC(C)C)cccc1S(N)(=O)=O. The van der Waals surface area contributed by atoms with Gasteiger partial charge in [0.25, 0.3) is 0 Å². The Hall–Kier alpha value is -1.44. The standard InChI is InChI=1S/C14H23N3O3S/c1-10(2)16-9-5-8-14(18)17-12-6-4-7-13(11(12)3)21(15,19)20/h4,6-7,10,16H,5,8-9H2,1-3H3,(H,17,18)(H2,15,19,20). The number of hydrogen-bond donors (Lipinski definition) is 3. The van der Waals surface area contributed by atoms with Crippen molar-refractivity contribution < 1.29 is 13.2 Å². The Bertz CT molecular complexity index is 597. The second-order valence-corrected chi connectivity index (χ2v) is 6.76. The van der Waals surface area contributed by atoms with Gasteiger partial charge in [-0.3, -0.25) is 4.79 Å². The fourth-order valence-electron chi connectivity index (χ4n) is 1.91. The van der Waals surface area contributed by atoms with E-state index in [-0.39, 0.29) is 10.8 Å². The molecule has 0 saturated heterocycles. The third-order valence-electron chi connectivity index (χ3n) is 3.00. The lowest BCUT2D eigenvalue weighted by Crippen LogP contribution is -2.25. The predicted molar refractivity (Wildman–Crippen MR) is 83.6 cm³/mol. The van der Waals surface area contributed by atoms with Crippen molar-refractivity contribution in [2.24, 2.45) is 5.14 Å². The highest BCUT2D eigenvalue weighted by molar-refractivity contribution is 7.89. The molecule has 1 aromatic carbocycles. The lowest BCUT2D eigenvalue weighted by molar-refractivity contribution is -0.116. The molecule has 4 N–H and O–H groups in total. The molecule has 1 rings (SSSR count). The zero-order valence-electron chi connectivity index (χ0n) is 12.6. The summed E-state index contributed by atoms with van der Waals surface area (Å²) in [6.07, 6.45) is 1.09. The molecule has 0 saturated carbocycles. The first-order valence-electron chi connectivity index (χ1n) is 6.87. The summed E-state index contributed by atoms with van der Waals surface area (Å²) >= 11 is 0. The second kappa shape index (κ2) is 7.53. The molecule has 0 fully saturated rings. The van der Waals surface area contributed by atoms with E-state index >= 15 is 0 Å². The first-order valence-corrected chi connectivity index (χ1v) is 8.42. The summed E-state index contributed by atoms with van der Waals surface area (Å²) in [5.41, 5.74) is 0.928. The Morgan fingerprint density at radius 3 is 2.57 bits per heavy atom. The number of benzene rings is 1. The summed E-state index contributed by atoms with van der Waals surface area (Å²) < 4.78 is 22.8. The Labute approximate surface area is 126 Å². The molecule has 1 amide bonds. The Kier molecular flexibility index (Phi) is 6.32. The smallest absolute Gasteiger partial charge is 0.238 e. The topological polar surface area (TPSA) is 101 Å². The van der Waals surface area contributed by atoms with Crippen molar-refractivity contribution in [3.8, 4) is 0 Å². The van der Waals surface area contributed by atoms with E-state index in [1.54, 1.807) is 19.1 Å². The van der Waals surface area contributed by atoms with E-state index in [0.29, 0.717) is 23.7 Å². The molecule has 0 heterocycles. The molecule has 0 spiro atoms. The van der Waals surface area contributed by atoms with Gasteiger partial charge in [0.2, 0.25) is 15.9 Å². The van der Waals surface area contributed by atoms with Crippen molar-refractivity contribution in [1.29, 1.82) is 0 Å². The molecule has 118 valence electrons. The van der Waals surface area contributed by atoms with Crippen LogP contribution in [0.1, 0.15) is 32.3 Å². The van der Waals surface area contributed by atoms with Crippen LogP contribution in [-0.4, -0.2) is 26.9 Å². The van der Waals surface area contributed by atoms with Gasteiger partial charge in [0, 0.05) is 18.2 Å². The lowest BCUT2D eigenvalue weighted by Gasteiger charge is -2.12. The Morgan fingerprint density at radius 1 is 1.33 bits per heavy atom. The van der Waals surface area contributed by atoms with Crippen LogP contribution in [0.3, 0.4) is 0 Å². The maximum atomic E-state index is 11.9. The zero-order chi connectivity index (χ0) is 16.0. The normalized spacial score (nSPS) is 11.7. The van der Waals surface area contributed by atoms with Gasteiger partial charge >= 0.3 is 0 Å². The van der Waals surface area contributed by atoms with E-state index in [9.17, 15) is 13.2 Å². The molecule has 0 unspecified atom stereocenters. The predicted octanol–water partition coefficient (Wildman–Crippen LogP) is 1.36. The number of rotatable bonds is 7. The maximum absolute atomic E-state index is 11.9. The van der Waals surface area contributed by atoms with Gasteiger partial charge in [-0.2, -0.15) is 0 Å². The number of anilines is 1. The maximum Gasteiger partial charge on any atom is 0.238 e. The number of nitrogens with one attached hydrogen (secondary N) is 2. The van der Waals surface area contributed by atoms with Gasteiger partial charge < -0.3 is 10.6 Å². The van der Waals surface area contributed by atoms with Crippen molar-refractivity contribution in [3.05, 3.63) is 23.8 Å². The number of carbonyl (C=O) groups excluding carboxylic acids is 1. The molecule has 21 heavy (non-hydrogen) atoms. The summed E-state index contributed by atoms with van der Waals surface area (Å²) in [6.45, 7) is 6.47. The van der Waals surface area contributed by atoms with Crippen LogP contribution in [0.4, 0.5) is 5.69 Å². The molecule has 0 atom stereocenters. The summed E-state index contributed by atoms with van der Waals surface area (Å²) in [5.74, 6) is -0.143. The summed E-state index contributed by atoms with van der Waals surface area (Å²) in [7, 11) is -3.78.